The van der Waals surface area contributed by atoms with Crippen LogP contribution in [0.1, 0.15) is 30.9 Å². The van der Waals surface area contributed by atoms with Crippen LogP contribution in [0.15, 0.2) is 52.1 Å². The smallest absolute Gasteiger partial charge is 0.254 e. The van der Waals surface area contributed by atoms with Crippen molar-refractivity contribution >= 4 is 57.2 Å². The van der Waals surface area contributed by atoms with Crippen molar-refractivity contribution in [3.8, 4) is 11.5 Å². The maximum absolute atomic E-state index is 13.0. The number of halogens is 3. The van der Waals surface area contributed by atoms with Gasteiger partial charge in [-0.2, -0.15) is 10.1 Å². The molecule has 4 aliphatic rings. The molecule has 0 radical (unpaired) electrons. The Morgan fingerprint density at radius 2 is 1.74 bits per heavy atom. The number of rotatable bonds is 7. The third kappa shape index (κ3) is 4.61. The van der Waals surface area contributed by atoms with E-state index in [0.717, 1.165) is 23.4 Å². The number of fused-ring (bicyclic) bond motifs is 1. The third-order valence-corrected chi connectivity index (χ3v) is 7.95. The molecular formula is C26H23BrCl2N2O4. The van der Waals surface area contributed by atoms with Gasteiger partial charge in [-0.3, -0.25) is 9.59 Å². The number of carbonyl (C=O) groups is 2. The molecule has 2 fully saturated rings. The van der Waals surface area contributed by atoms with Crippen LogP contribution >= 0.6 is 39.1 Å². The molecule has 0 N–H and O–H groups in total. The molecule has 1 saturated heterocycles. The van der Waals surface area contributed by atoms with Gasteiger partial charge in [-0.1, -0.05) is 41.4 Å². The van der Waals surface area contributed by atoms with E-state index in [2.05, 4.69) is 33.2 Å². The number of allylic oxidation sites excluding steroid dienone is 2. The van der Waals surface area contributed by atoms with E-state index in [-0.39, 0.29) is 42.1 Å². The van der Waals surface area contributed by atoms with Gasteiger partial charge in [0.05, 0.1) is 29.1 Å². The third-order valence-electron chi connectivity index (χ3n) is 6.78. The summed E-state index contributed by atoms with van der Waals surface area (Å²) in [6.07, 6.45) is 7.60. The van der Waals surface area contributed by atoms with Crippen molar-refractivity contribution in [2.24, 2.45) is 28.8 Å². The highest BCUT2D eigenvalue weighted by atomic mass is 79.9. The van der Waals surface area contributed by atoms with Gasteiger partial charge in [0.2, 0.25) is 0 Å². The second-order valence-electron chi connectivity index (χ2n) is 8.86. The quantitative estimate of drug-likeness (QED) is 0.221. The van der Waals surface area contributed by atoms with Crippen molar-refractivity contribution < 1.29 is 19.1 Å². The zero-order valence-corrected chi connectivity index (χ0v) is 22.0. The topological polar surface area (TPSA) is 68.2 Å². The van der Waals surface area contributed by atoms with Gasteiger partial charge in [-0.15, -0.1) is 0 Å². The van der Waals surface area contributed by atoms with E-state index in [0.29, 0.717) is 38.2 Å². The molecule has 2 aromatic rings. The second-order valence-corrected chi connectivity index (χ2v) is 10.6. The molecule has 0 aromatic heterocycles. The summed E-state index contributed by atoms with van der Waals surface area (Å²) in [7, 11) is 0. The fourth-order valence-corrected chi connectivity index (χ4v) is 6.19. The van der Waals surface area contributed by atoms with Crippen LogP contribution in [0.25, 0.3) is 0 Å². The predicted molar refractivity (Wildman–Crippen MR) is 138 cm³/mol. The lowest BCUT2D eigenvalue weighted by molar-refractivity contribution is -0.140. The van der Waals surface area contributed by atoms with Crippen LogP contribution in [0, 0.1) is 23.7 Å². The maximum atomic E-state index is 13.0. The lowest BCUT2D eigenvalue weighted by atomic mass is 9.63. The van der Waals surface area contributed by atoms with Crippen molar-refractivity contribution in [3.05, 3.63) is 68.1 Å². The Kier molecular flexibility index (Phi) is 6.93. The summed E-state index contributed by atoms with van der Waals surface area (Å²) in [4.78, 5) is 26.0. The highest BCUT2D eigenvalue weighted by molar-refractivity contribution is 9.10. The van der Waals surface area contributed by atoms with Gasteiger partial charge >= 0.3 is 0 Å². The number of hydrogen-bond acceptors (Lipinski definition) is 5. The van der Waals surface area contributed by atoms with E-state index < -0.39 is 0 Å². The zero-order chi connectivity index (χ0) is 24.7. The number of imide groups is 1. The highest BCUT2D eigenvalue weighted by Gasteiger charge is 2.56. The summed E-state index contributed by atoms with van der Waals surface area (Å²) in [5, 5.41) is 6.41. The Morgan fingerprint density at radius 3 is 2.34 bits per heavy atom. The monoisotopic (exact) mass is 576 g/mol. The molecule has 2 bridgehead atoms. The molecule has 1 heterocycles. The molecule has 0 spiro atoms. The number of amides is 2. The van der Waals surface area contributed by atoms with Crippen LogP contribution < -0.4 is 9.47 Å². The first-order chi connectivity index (χ1) is 16.9. The molecule has 0 unspecified atom stereocenters. The van der Waals surface area contributed by atoms with Crippen LogP contribution in [0.3, 0.4) is 0 Å². The number of carbonyl (C=O) groups excluding carboxylic acids is 2. The zero-order valence-electron chi connectivity index (χ0n) is 18.9. The second kappa shape index (κ2) is 9.96. The van der Waals surface area contributed by atoms with E-state index in [4.69, 9.17) is 32.7 Å². The van der Waals surface area contributed by atoms with Gasteiger partial charge in [0.25, 0.3) is 11.8 Å². The molecule has 4 atom stereocenters. The molecule has 9 heteroatoms. The lowest BCUT2D eigenvalue weighted by Crippen LogP contribution is -2.38. The Labute approximate surface area is 222 Å². The number of nitrogens with zero attached hydrogens (tertiary/aromatic N) is 2. The molecule has 1 aliphatic heterocycles. The van der Waals surface area contributed by atoms with Crippen LogP contribution in [0.5, 0.6) is 11.5 Å². The number of hydrogen-bond donors (Lipinski definition) is 0. The normalized spacial score (nSPS) is 25.0. The summed E-state index contributed by atoms with van der Waals surface area (Å²) in [5.41, 5.74) is 1.45. The van der Waals surface area contributed by atoms with Crippen molar-refractivity contribution in [1.29, 1.82) is 0 Å². The lowest BCUT2D eigenvalue weighted by Gasteiger charge is -2.37. The molecule has 2 aromatic carbocycles. The van der Waals surface area contributed by atoms with Crippen LogP contribution in [-0.2, 0) is 16.2 Å². The fourth-order valence-electron chi connectivity index (χ4n) is 5.15. The van der Waals surface area contributed by atoms with Crippen molar-refractivity contribution in [3.63, 3.8) is 0 Å². The van der Waals surface area contributed by atoms with Crippen molar-refractivity contribution in [2.75, 3.05) is 6.61 Å². The summed E-state index contributed by atoms with van der Waals surface area (Å²) in [5.74, 6) is 0.282. The Bertz CT molecular complexity index is 1220. The molecule has 1 saturated carbocycles. The van der Waals surface area contributed by atoms with Crippen LogP contribution in [0.2, 0.25) is 10.0 Å². The maximum Gasteiger partial charge on any atom is 0.254 e. The van der Waals surface area contributed by atoms with E-state index >= 15 is 0 Å². The summed E-state index contributed by atoms with van der Waals surface area (Å²) in [6.45, 7) is 2.52. The minimum absolute atomic E-state index is 0.130. The predicted octanol–water partition coefficient (Wildman–Crippen LogP) is 6.26. The van der Waals surface area contributed by atoms with Crippen molar-refractivity contribution in [1.82, 2.24) is 5.01 Å². The van der Waals surface area contributed by atoms with E-state index in [1.807, 2.05) is 13.0 Å². The van der Waals surface area contributed by atoms with Gasteiger partial charge in [-0.05, 0) is 77.4 Å². The number of benzene rings is 2. The summed E-state index contributed by atoms with van der Waals surface area (Å²) in [6, 6.07) is 8.79. The first kappa shape index (κ1) is 24.3. The van der Waals surface area contributed by atoms with E-state index in [1.165, 1.54) is 6.21 Å². The van der Waals surface area contributed by atoms with Crippen LogP contribution in [-0.4, -0.2) is 29.6 Å². The Morgan fingerprint density at radius 1 is 1.06 bits per heavy atom. The van der Waals surface area contributed by atoms with Crippen LogP contribution in [0.4, 0.5) is 0 Å². The molecule has 6 nitrogen and oxygen atoms in total. The standard InChI is InChI=1S/C26H23BrCl2N2O4/c1-2-34-21-10-14(9-19(27)24(21)35-13-17-7-8-18(28)11-20(17)29)12-30-31-25(32)22-15-3-4-16(6-5-15)23(22)26(31)33/h3-4,7-12,15-16,22-23H,2,5-6,13H2,1H3/b30-12-/t15-,16-,22-,23+/m0/s1. The van der Waals surface area contributed by atoms with Gasteiger partial charge in [0.15, 0.2) is 11.5 Å². The van der Waals surface area contributed by atoms with Gasteiger partial charge in [0.1, 0.15) is 6.61 Å². The minimum Gasteiger partial charge on any atom is -0.490 e. The van der Waals surface area contributed by atoms with Gasteiger partial charge < -0.3 is 9.47 Å². The van der Waals surface area contributed by atoms with Crippen molar-refractivity contribution in [2.45, 2.75) is 26.4 Å². The summed E-state index contributed by atoms with van der Waals surface area (Å²) < 4.78 is 12.5. The minimum atomic E-state index is -0.287. The fraction of sp³-hybridized carbons (Fsp3) is 0.346. The molecular weight excluding hydrogens is 555 g/mol. The Hall–Kier alpha value is -2.35. The largest absolute Gasteiger partial charge is 0.490 e. The highest BCUT2D eigenvalue weighted by Crippen LogP contribution is 2.49. The Balaban J connectivity index is 1.36. The first-order valence-corrected chi connectivity index (χ1v) is 13.1. The molecule has 35 heavy (non-hydrogen) atoms. The number of hydrazone groups is 1. The molecule has 2 amide bonds. The average molecular weight is 578 g/mol. The first-order valence-electron chi connectivity index (χ1n) is 11.5. The average Bonchev–Trinajstić information content (AvgIpc) is 3.11. The molecule has 6 rings (SSSR count). The molecule has 182 valence electrons. The van der Waals surface area contributed by atoms with E-state index in [1.54, 1.807) is 24.3 Å². The summed E-state index contributed by atoms with van der Waals surface area (Å²) >= 11 is 15.8. The molecule has 3 aliphatic carbocycles. The number of ether oxygens (including phenoxy) is 2. The van der Waals surface area contributed by atoms with E-state index in [9.17, 15) is 9.59 Å². The van der Waals surface area contributed by atoms with Gasteiger partial charge in [-0.25, -0.2) is 0 Å². The van der Waals surface area contributed by atoms with Gasteiger partial charge in [0, 0.05) is 15.6 Å². The SMILES string of the molecule is CCOc1cc(/C=N\N2C(=O)[C@@H]3[C@H](C2=O)[C@H]2C=C[C@H]3CC2)cc(Br)c1OCc1ccc(Cl)cc1Cl.